The molecular weight excluding hydrogens is 172 g/mol. The van der Waals surface area contributed by atoms with Crippen molar-refractivity contribution in [1.29, 1.82) is 0 Å². The fourth-order valence-electron chi connectivity index (χ4n) is 0.998. The van der Waals surface area contributed by atoms with E-state index in [1.54, 1.807) is 0 Å². The average Bonchev–Trinajstić information content (AvgIpc) is 2.01. The van der Waals surface area contributed by atoms with Gasteiger partial charge in [-0.25, -0.2) is 0 Å². The van der Waals surface area contributed by atoms with E-state index >= 15 is 0 Å². The summed E-state index contributed by atoms with van der Waals surface area (Å²) in [5.41, 5.74) is 0. The van der Waals surface area contributed by atoms with Crippen LogP contribution in [0.15, 0.2) is 0 Å². The zero-order valence-electron chi connectivity index (χ0n) is 8.21. The van der Waals surface area contributed by atoms with Gasteiger partial charge in [-0.15, -0.1) is 0 Å². The summed E-state index contributed by atoms with van der Waals surface area (Å²) in [7, 11) is 3.89. The lowest BCUT2D eigenvalue weighted by atomic mass is 10.3. The normalized spacial score (nSPS) is 13.8. The van der Waals surface area contributed by atoms with Crippen LogP contribution in [0.4, 0.5) is 0 Å². The third kappa shape index (κ3) is 6.91. The van der Waals surface area contributed by atoms with Crippen molar-refractivity contribution < 1.29 is 5.11 Å². The zero-order valence-corrected chi connectivity index (χ0v) is 9.02. The fourth-order valence-corrected chi connectivity index (χ4v) is 1.49. The lowest BCUT2D eigenvalue weighted by molar-refractivity contribution is 0.129. The van der Waals surface area contributed by atoms with E-state index < -0.39 is 0 Å². The van der Waals surface area contributed by atoms with E-state index in [1.807, 2.05) is 25.9 Å². The minimum absolute atomic E-state index is 0.248. The maximum Gasteiger partial charge on any atom is 0.0791 e. The highest BCUT2D eigenvalue weighted by atomic mass is 32.2. The summed E-state index contributed by atoms with van der Waals surface area (Å²) in [5, 5.41) is 12.4. The average molecular weight is 192 g/mol. The second kappa shape index (κ2) is 7.86. The van der Waals surface area contributed by atoms with Gasteiger partial charge in [0.15, 0.2) is 0 Å². The third-order valence-electron chi connectivity index (χ3n) is 1.64. The Bertz CT molecular complexity index is 103. The van der Waals surface area contributed by atoms with E-state index in [1.165, 1.54) is 0 Å². The Hall–Kier alpha value is 0.230. The van der Waals surface area contributed by atoms with E-state index in [-0.39, 0.29) is 6.10 Å². The van der Waals surface area contributed by atoms with Crippen molar-refractivity contribution in [2.45, 2.75) is 6.10 Å². The Morgan fingerprint density at radius 1 is 1.58 bits per heavy atom. The first-order valence-corrected chi connectivity index (χ1v) is 5.60. The first-order valence-electron chi connectivity index (χ1n) is 4.20. The van der Waals surface area contributed by atoms with Crippen LogP contribution in [0.5, 0.6) is 0 Å². The molecule has 0 aliphatic carbocycles. The van der Waals surface area contributed by atoms with E-state index in [9.17, 15) is 5.11 Å². The molecule has 12 heavy (non-hydrogen) atoms. The van der Waals surface area contributed by atoms with Gasteiger partial charge in [0.1, 0.15) is 0 Å². The van der Waals surface area contributed by atoms with Crippen LogP contribution in [0.25, 0.3) is 0 Å². The molecule has 0 amide bonds. The van der Waals surface area contributed by atoms with Crippen LogP contribution in [0.2, 0.25) is 0 Å². The van der Waals surface area contributed by atoms with E-state index in [0.717, 1.165) is 18.8 Å². The maximum absolute atomic E-state index is 9.41. The Kier molecular flexibility index (Phi) is 8.01. The van der Waals surface area contributed by atoms with Crippen LogP contribution in [-0.4, -0.2) is 61.8 Å². The molecule has 0 radical (unpaired) electrons. The van der Waals surface area contributed by atoms with Crippen molar-refractivity contribution in [3.63, 3.8) is 0 Å². The van der Waals surface area contributed by atoms with Crippen molar-refractivity contribution in [2.24, 2.45) is 0 Å². The third-order valence-corrected chi connectivity index (χ3v) is 2.23. The van der Waals surface area contributed by atoms with Gasteiger partial charge in [-0.1, -0.05) is 0 Å². The Morgan fingerprint density at radius 3 is 2.75 bits per heavy atom. The number of hydrogen-bond donors (Lipinski definition) is 2. The summed E-state index contributed by atoms with van der Waals surface area (Å²) >= 11 is 1.83. The highest BCUT2D eigenvalue weighted by Crippen LogP contribution is 1.94. The molecule has 74 valence electrons. The van der Waals surface area contributed by atoms with Gasteiger partial charge in [0.05, 0.1) is 6.10 Å². The molecule has 1 atom stereocenters. The van der Waals surface area contributed by atoms with Gasteiger partial charge < -0.3 is 15.3 Å². The van der Waals surface area contributed by atoms with Crippen molar-refractivity contribution >= 4 is 11.8 Å². The molecule has 0 fully saturated rings. The molecule has 4 heteroatoms. The fraction of sp³-hybridized carbons (Fsp3) is 1.00. The Morgan fingerprint density at radius 2 is 2.25 bits per heavy atom. The summed E-state index contributed by atoms with van der Waals surface area (Å²) in [6.45, 7) is 2.47. The molecule has 3 nitrogen and oxygen atoms in total. The van der Waals surface area contributed by atoms with Gasteiger partial charge in [0.25, 0.3) is 0 Å². The molecule has 0 heterocycles. The zero-order chi connectivity index (χ0) is 9.40. The van der Waals surface area contributed by atoms with Crippen LogP contribution < -0.4 is 5.32 Å². The second-order valence-electron chi connectivity index (χ2n) is 2.97. The van der Waals surface area contributed by atoms with E-state index in [2.05, 4.69) is 16.5 Å². The number of nitrogens with one attached hydrogen (secondary N) is 1. The van der Waals surface area contributed by atoms with Gasteiger partial charge in [-0.2, -0.15) is 11.8 Å². The molecule has 0 aliphatic rings. The molecule has 1 unspecified atom stereocenters. The van der Waals surface area contributed by atoms with Crippen LogP contribution >= 0.6 is 11.8 Å². The van der Waals surface area contributed by atoms with Crippen molar-refractivity contribution in [2.75, 3.05) is 45.7 Å². The van der Waals surface area contributed by atoms with Gasteiger partial charge in [0, 0.05) is 25.4 Å². The summed E-state index contributed by atoms with van der Waals surface area (Å²) in [5.74, 6) is 1.13. The SMILES string of the molecule is CNCC(O)CN(C)CCSC. The predicted molar refractivity (Wildman–Crippen MR) is 55.8 cm³/mol. The summed E-state index contributed by atoms with van der Waals surface area (Å²) < 4.78 is 0. The van der Waals surface area contributed by atoms with Crippen molar-refractivity contribution in [3.05, 3.63) is 0 Å². The number of aliphatic hydroxyl groups is 1. The van der Waals surface area contributed by atoms with Crippen molar-refractivity contribution in [3.8, 4) is 0 Å². The van der Waals surface area contributed by atoms with Gasteiger partial charge in [0.2, 0.25) is 0 Å². The molecule has 0 rings (SSSR count). The number of hydrogen-bond acceptors (Lipinski definition) is 4. The number of aliphatic hydroxyl groups excluding tert-OH is 1. The van der Waals surface area contributed by atoms with E-state index in [0.29, 0.717) is 6.54 Å². The number of rotatable bonds is 7. The first kappa shape index (κ1) is 12.2. The highest BCUT2D eigenvalue weighted by molar-refractivity contribution is 7.98. The molecule has 2 N–H and O–H groups in total. The molecule has 0 aromatic carbocycles. The molecular formula is C8H20N2OS. The van der Waals surface area contributed by atoms with Gasteiger partial charge >= 0.3 is 0 Å². The quantitative estimate of drug-likeness (QED) is 0.589. The van der Waals surface area contributed by atoms with Crippen LogP contribution in [0.3, 0.4) is 0 Å². The standard InChI is InChI=1S/C8H20N2OS/c1-9-6-8(11)7-10(2)4-5-12-3/h8-9,11H,4-7H2,1-3H3. The summed E-state index contributed by atoms with van der Waals surface area (Å²) in [4.78, 5) is 2.15. The Balaban J connectivity index is 3.33. The number of likely N-dealkylation sites (N-methyl/N-ethyl adjacent to an activating group) is 2. The molecule has 0 bridgehead atoms. The van der Waals surface area contributed by atoms with Gasteiger partial charge in [-0.3, -0.25) is 0 Å². The summed E-state index contributed by atoms with van der Waals surface area (Å²) in [6.07, 6.45) is 1.85. The molecule has 0 spiro atoms. The monoisotopic (exact) mass is 192 g/mol. The first-order chi connectivity index (χ1) is 5.70. The minimum Gasteiger partial charge on any atom is -0.390 e. The largest absolute Gasteiger partial charge is 0.390 e. The molecule has 0 aliphatic heterocycles. The van der Waals surface area contributed by atoms with Crippen molar-refractivity contribution in [1.82, 2.24) is 10.2 Å². The number of nitrogens with zero attached hydrogens (tertiary/aromatic N) is 1. The second-order valence-corrected chi connectivity index (χ2v) is 3.95. The van der Waals surface area contributed by atoms with Crippen LogP contribution in [-0.2, 0) is 0 Å². The van der Waals surface area contributed by atoms with Crippen LogP contribution in [0, 0.1) is 0 Å². The lowest BCUT2D eigenvalue weighted by Crippen LogP contribution is -2.36. The molecule has 0 saturated carbocycles. The maximum atomic E-state index is 9.41. The molecule has 0 saturated heterocycles. The topological polar surface area (TPSA) is 35.5 Å². The predicted octanol–water partition coefficient (Wildman–Crippen LogP) is -0.139. The van der Waals surface area contributed by atoms with Gasteiger partial charge in [-0.05, 0) is 20.4 Å². The van der Waals surface area contributed by atoms with E-state index in [4.69, 9.17) is 0 Å². The Labute approximate surface area is 79.5 Å². The molecule has 0 aromatic rings. The van der Waals surface area contributed by atoms with Crippen LogP contribution in [0.1, 0.15) is 0 Å². The highest BCUT2D eigenvalue weighted by Gasteiger charge is 2.05. The number of thioether (sulfide) groups is 1. The lowest BCUT2D eigenvalue weighted by Gasteiger charge is -2.19. The summed E-state index contributed by atoms with van der Waals surface area (Å²) in [6, 6.07) is 0. The smallest absolute Gasteiger partial charge is 0.0791 e. The minimum atomic E-state index is -0.248. The molecule has 0 aromatic heterocycles.